The van der Waals surface area contributed by atoms with E-state index < -0.39 is 0 Å². The zero-order chi connectivity index (χ0) is 18.9. The number of aromatic nitrogens is 2. The molecule has 0 bridgehead atoms. The molecule has 138 valence electrons. The third-order valence-electron chi connectivity index (χ3n) is 3.58. The summed E-state index contributed by atoms with van der Waals surface area (Å²) in [5.74, 6) is 1.04. The Morgan fingerprint density at radius 1 is 1.00 bits per heavy atom. The molecule has 1 N–H and O–H groups in total. The number of rotatable bonds is 8. The summed E-state index contributed by atoms with van der Waals surface area (Å²) >= 11 is 2.93. The van der Waals surface area contributed by atoms with Crippen LogP contribution < -0.4 is 10.1 Å². The van der Waals surface area contributed by atoms with E-state index in [-0.39, 0.29) is 11.7 Å². The summed E-state index contributed by atoms with van der Waals surface area (Å²) in [5, 5.41) is 4.48. The molecule has 0 atom stereocenters. The van der Waals surface area contributed by atoms with E-state index in [0.717, 1.165) is 26.3 Å². The van der Waals surface area contributed by atoms with Crippen LogP contribution in [0.2, 0.25) is 0 Å². The number of methoxy groups -OCH3 is 1. The molecule has 3 rings (SSSR count). The lowest BCUT2D eigenvalue weighted by Crippen LogP contribution is -2.24. The second kappa shape index (κ2) is 9.99. The first kappa shape index (κ1) is 19.3. The molecular weight excluding hydrogens is 378 g/mol. The minimum Gasteiger partial charge on any atom is -0.497 e. The Hall–Kier alpha value is -2.51. The van der Waals surface area contributed by atoms with Gasteiger partial charge in [-0.25, -0.2) is 9.97 Å². The molecule has 5 nitrogen and oxygen atoms in total. The van der Waals surface area contributed by atoms with Crippen LogP contribution in [0, 0.1) is 0 Å². The van der Waals surface area contributed by atoms with Gasteiger partial charge < -0.3 is 10.1 Å². The van der Waals surface area contributed by atoms with E-state index in [4.69, 9.17) is 4.74 Å². The zero-order valence-corrected chi connectivity index (χ0v) is 16.4. The van der Waals surface area contributed by atoms with Gasteiger partial charge in [0.1, 0.15) is 15.8 Å². The van der Waals surface area contributed by atoms with Crippen LogP contribution in [-0.4, -0.2) is 28.7 Å². The van der Waals surface area contributed by atoms with Crippen molar-refractivity contribution < 1.29 is 9.53 Å². The largest absolute Gasteiger partial charge is 0.497 e. The fourth-order valence-corrected chi connectivity index (χ4v) is 3.96. The topological polar surface area (TPSA) is 64.1 Å². The first-order valence-corrected chi connectivity index (χ1v) is 10.1. The van der Waals surface area contributed by atoms with Crippen molar-refractivity contribution in [1.82, 2.24) is 15.3 Å². The minimum absolute atomic E-state index is 0.0443. The van der Waals surface area contributed by atoms with Gasteiger partial charge in [0, 0.05) is 23.8 Å². The van der Waals surface area contributed by atoms with E-state index >= 15 is 0 Å². The summed E-state index contributed by atoms with van der Waals surface area (Å²) < 4.78 is 5.13. The third-order valence-corrected chi connectivity index (χ3v) is 5.69. The van der Waals surface area contributed by atoms with Crippen LogP contribution in [0.25, 0.3) is 0 Å². The second-order valence-corrected chi connectivity index (χ2v) is 7.52. The number of carbonyl (C=O) groups is 1. The molecule has 27 heavy (non-hydrogen) atoms. The van der Waals surface area contributed by atoms with Crippen molar-refractivity contribution in [3.05, 3.63) is 72.6 Å². The average Bonchev–Trinajstić information content (AvgIpc) is 2.73. The number of carbonyl (C=O) groups excluding carboxylic acids is 1. The van der Waals surface area contributed by atoms with Crippen molar-refractivity contribution in [2.75, 3.05) is 12.9 Å². The van der Waals surface area contributed by atoms with Gasteiger partial charge in [-0.2, -0.15) is 0 Å². The normalized spacial score (nSPS) is 10.4. The van der Waals surface area contributed by atoms with Crippen LogP contribution in [0.3, 0.4) is 0 Å². The Morgan fingerprint density at radius 3 is 2.41 bits per heavy atom. The molecule has 0 aliphatic carbocycles. The van der Waals surface area contributed by atoms with Gasteiger partial charge in [0.15, 0.2) is 0 Å². The minimum atomic E-state index is -0.0443. The van der Waals surface area contributed by atoms with Gasteiger partial charge in [0.05, 0.1) is 12.9 Å². The number of amides is 1. The van der Waals surface area contributed by atoms with Gasteiger partial charge in [-0.3, -0.25) is 4.79 Å². The highest BCUT2D eigenvalue weighted by Gasteiger charge is 2.10. The highest BCUT2D eigenvalue weighted by atomic mass is 32.2. The van der Waals surface area contributed by atoms with E-state index in [9.17, 15) is 4.79 Å². The van der Waals surface area contributed by atoms with Crippen LogP contribution in [0.15, 0.2) is 81.9 Å². The monoisotopic (exact) mass is 397 g/mol. The average molecular weight is 398 g/mol. The SMILES string of the molecule is COc1ccc(CNC(=O)CSc2nccnc2Sc2ccccc2)cc1. The number of benzene rings is 2. The molecule has 0 saturated carbocycles. The maximum Gasteiger partial charge on any atom is 0.230 e. The van der Waals surface area contributed by atoms with Crippen molar-refractivity contribution in [2.24, 2.45) is 0 Å². The van der Waals surface area contributed by atoms with Gasteiger partial charge in [-0.1, -0.05) is 53.9 Å². The standard InChI is InChI=1S/C20H19N3O2S2/c1-25-16-9-7-15(8-10-16)13-23-18(24)14-26-19-20(22-12-11-21-19)27-17-5-3-2-4-6-17/h2-12H,13-14H2,1H3,(H,23,24). The molecular formula is C20H19N3O2S2. The fraction of sp³-hybridized carbons (Fsp3) is 0.150. The van der Waals surface area contributed by atoms with Crippen LogP contribution in [0.4, 0.5) is 0 Å². The fourth-order valence-electron chi connectivity index (χ4n) is 2.21. The maximum atomic E-state index is 12.2. The maximum absolute atomic E-state index is 12.2. The number of nitrogens with one attached hydrogen (secondary N) is 1. The van der Waals surface area contributed by atoms with E-state index in [1.807, 2.05) is 54.6 Å². The molecule has 0 radical (unpaired) electrons. The third kappa shape index (κ3) is 6.01. The molecule has 1 heterocycles. The summed E-state index contributed by atoms with van der Waals surface area (Å²) in [6.45, 7) is 0.482. The Bertz CT molecular complexity index is 874. The van der Waals surface area contributed by atoms with Crippen LogP contribution in [0.5, 0.6) is 5.75 Å². The molecule has 1 aromatic heterocycles. The molecule has 0 aliphatic heterocycles. The van der Waals surface area contributed by atoms with Crippen molar-refractivity contribution in [3.63, 3.8) is 0 Å². The van der Waals surface area contributed by atoms with E-state index in [1.54, 1.807) is 31.3 Å². The van der Waals surface area contributed by atoms with Gasteiger partial charge in [-0.05, 0) is 29.8 Å². The summed E-state index contributed by atoms with van der Waals surface area (Å²) in [5.41, 5.74) is 1.02. The lowest BCUT2D eigenvalue weighted by atomic mass is 10.2. The number of hydrogen-bond donors (Lipinski definition) is 1. The van der Waals surface area contributed by atoms with Crippen molar-refractivity contribution >= 4 is 29.4 Å². The Kier molecular flexibility index (Phi) is 7.12. The van der Waals surface area contributed by atoms with Crippen molar-refractivity contribution in [3.8, 4) is 5.75 Å². The predicted octanol–water partition coefficient (Wildman–Crippen LogP) is 4.04. The molecule has 0 saturated heterocycles. The zero-order valence-electron chi connectivity index (χ0n) is 14.8. The molecule has 3 aromatic rings. The second-order valence-electron chi connectivity index (χ2n) is 5.50. The van der Waals surface area contributed by atoms with Gasteiger partial charge >= 0.3 is 0 Å². The predicted molar refractivity (Wildman–Crippen MR) is 108 cm³/mol. The van der Waals surface area contributed by atoms with E-state index in [2.05, 4.69) is 15.3 Å². The van der Waals surface area contributed by atoms with Gasteiger partial charge in [0.25, 0.3) is 0 Å². The van der Waals surface area contributed by atoms with Gasteiger partial charge in [-0.15, -0.1) is 0 Å². The lowest BCUT2D eigenvalue weighted by molar-refractivity contribution is -0.118. The molecule has 7 heteroatoms. The summed E-state index contributed by atoms with van der Waals surface area (Å²) in [4.78, 5) is 22.0. The molecule has 0 aliphatic rings. The first-order valence-electron chi connectivity index (χ1n) is 8.31. The highest BCUT2D eigenvalue weighted by molar-refractivity contribution is 8.02. The van der Waals surface area contributed by atoms with Crippen molar-refractivity contribution in [1.29, 1.82) is 0 Å². The summed E-state index contributed by atoms with van der Waals surface area (Å²) in [7, 11) is 1.63. The van der Waals surface area contributed by atoms with E-state index in [1.165, 1.54) is 11.8 Å². The number of nitrogens with zero attached hydrogens (tertiary/aromatic N) is 2. The van der Waals surface area contributed by atoms with Crippen LogP contribution in [-0.2, 0) is 11.3 Å². The number of hydrogen-bond acceptors (Lipinski definition) is 6. The molecule has 0 spiro atoms. The number of thioether (sulfide) groups is 1. The lowest BCUT2D eigenvalue weighted by Gasteiger charge is -2.08. The summed E-state index contributed by atoms with van der Waals surface area (Å²) in [6, 6.07) is 17.6. The Balaban J connectivity index is 1.52. The van der Waals surface area contributed by atoms with E-state index in [0.29, 0.717) is 6.54 Å². The first-order chi connectivity index (χ1) is 13.2. The quantitative estimate of drug-likeness (QED) is 0.579. The van der Waals surface area contributed by atoms with Gasteiger partial charge in [0.2, 0.25) is 5.91 Å². The molecule has 1 amide bonds. The smallest absolute Gasteiger partial charge is 0.230 e. The highest BCUT2D eigenvalue weighted by Crippen LogP contribution is 2.32. The Morgan fingerprint density at radius 2 is 1.70 bits per heavy atom. The molecule has 2 aromatic carbocycles. The number of ether oxygens (including phenoxy) is 1. The Labute approximate surface area is 167 Å². The molecule has 0 fully saturated rings. The van der Waals surface area contributed by atoms with Crippen molar-refractivity contribution in [2.45, 2.75) is 21.5 Å². The molecule has 0 unspecified atom stereocenters. The van der Waals surface area contributed by atoms with Crippen LogP contribution in [0.1, 0.15) is 5.56 Å². The van der Waals surface area contributed by atoms with Crippen LogP contribution >= 0.6 is 23.5 Å². The summed E-state index contributed by atoms with van der Waals surface area (Å²) in [6.07, 6.45) is 3.31.